The standard InChI is InChI=1S/C27H35N5OS/c1-20(31-16-18-32(19-17-31)34-23-14-12-22(33-2)13-15-23)26-29-25-11-7-6-10-24(25)27(30-26)28-21-8-4-3-5-9-21/h6-7,10-15,20-21H,3-5,8-9,16-19H2,1-2H3,(H,28,29,30). The molecule has 2 aliphatic rings. The van der Waals surface area contributed by atoms with Gasteiger partial charge < -0.3 is 10.1 Å². The number of fused-ring (bicyclic) bond motifs is 1. The fourth-order valence-corrected chi connectivity index (χ4v) is 5.86. The summed E-state index contributed by atoms with van der Waals surface area (Å²) >= 11 is 1.83. The van der Waals surface area contributed by atoms with Gasteiger partial charge in [0.2, 0.25) is 0 Å². The second kappa shape index (κ2) is 10.9. The molecule has 34 heavy (non-hydrogen) atoms. The molecule has 7 heteroatoms. The van der Waals surface area contributed by atoms with Crippen LogP contribution in [0.3, 0.4) is 0 Å². The zero-order chi connectivity index (χ0) is 23.3. The lowest BCUT2D eigenvalue weighted by Crippen LogP contribution is -2.44. The van der Waals surface area contributed by atoms with E-state index in [0.29, 0.717) is 6.04 Å². The molecule has 180 valence electrons. The average Bonchev–Trinajstić information content (AvgIpc) is 2.90. The van der Waals surface area contributed by atoms with Crippen LogP contribution in [-0.2, 0) is 0 Å². The first-order valence-corrected chi connectivity index (χ1v) is 13.3. The van der Waals surface area contributed by atoms with Gasteiger partial charge >= 0.3 is 0 Å². The van der Waals surface area contributed by atoms with Crippen molar-refractivity contribution in [1.82, 2.24) is 19.2 Å². The molecular weight excluding hydrogens is 442 g/mol. The van der Waals surface area contributed by atoms with E-state index in [-0.39, 0.29) is 6.04 Å². The summed E-state index contributed by atoms with van der Waals surface area (Å²) in [4.78, 5) is 13.8. The zero-order valence-corrected chi connectivity index (χ0v) is 21.1. The molecule has 1 unspecified atom stereocenters. The molecule has 1 saturated heterocycles. The van der Waals surface area contributed by atoms with Crippen molar-refractivity contribution >= 4 is 28.7 Å². The van der Waals surface area contributed by atoms with Gasteiger partial charge in [0.25, 0.3) is 0 Å². The lowest BCUT2D eigenvalue weighted by Gasteiger charge is -2.37. The van der Waals surface area contributed by atoms with Crippen LogP contribution < -0.4 is 10.1 Å². The predicted molar refractivity (Wildman–Crippen MR) is 140 cm³/mol. The van der Waals surface area contributed by atoms with Crippen molar-refractivity contribution < 1.29 is 4.74 Å². The molecule has 0 spiro atoms. The molecule has 3 aromatic rings. The van der Waals surface area contributed by atoms with Crippen LogP contribution in [0.4, 0.5) is 5.82 Å². The Morgan fingerprint density at radius 1 is 0.941 bits per heavy atom. The molecule has 1 saturated carbocycles. The predicted octanol–water partition coefficient (Wildman–Crippen LogP) is 5.77. The molecular formula is C27H35N5OS. The summed E-state index contributed by atoms with van der Waals surface area (Å²) in [6, 6.07) is 17.4. The Labute approximate surface area is 207 Å². The third-order valence-electron chi connectivity index (χ3n) is 7.06. The summed E-state index contributed by atoms with van der Waals surface area (Å²) in [6.45, 7) is 6.29. The van der Waals surface area contributed by atoms with Gasteiger partial charge in [0.05, 0.1) is 18.7 Å². The van der Waals surface area contributed by atoms with E-state index in [1.54, 1.807) is 7.11 Å². The molecule has 2 aromatic carbocycles. The number of hydrogen-bond donors (Lipinski definition) is 1. The van der Waals surface area contributed by atoms with Gasteiger partial charge in [-0.3, -0.25) is 4.90 Å². The van der Waals surface area contributed by atoms with Crippen LogP contribution in [0.15, 0.2) is 53.4 Å². The van der Waals surface area contributed by atoms with Crippen LogP contribution >= 0.6 is 11.9 Å². The Morgan fingerprint density at radius 3 is 2.41 bits per heavy atom. The number of piperazine rings is 1. The van der Waals surface area contributed by atoms with Crippen molar-refractivity contribution in [1.29, 1.82) is 0 Å². The summed E-state index contributed by atoms with van der Waals surface area (Å²) in [5.41, 5.74) is 1.03. The van der Waals surface area contributed by atoms with E-state index in [0.717, 1.165) is 54.5 Å². The molecule has 0 radical (unpaired) electrons. The van der Waals surface area contributed by atoms with Gasteiger partial charge in [-0.05, 0) is 68.1 Å². The Morgan fingerprint density at radius 2 is 1.68 bits per heavy atom. The Bertz CT molecular complexity index is 1080. The summed E-state index contributed by atoms with van der Waals surface area (Å²) in [5, 5.41) is 4.90. The second-order valence-corrected chi connectivity index (χ2v) is 10.5. The van der Waals surface area contributed by atoms with Crippen LogP contribution in [0.5, 0.6) is 5.75 Å². The van der Waals surface area contributed by atoms with E-state index in [9.17, 15) is 0 Å². The highest BCUT2D eigenvalue weighted by atomic mass is 32.2. The van der Waals surface area contributed by atoms with Crippen LogP contribution in [0.2, 0.25) is 0 Å². The molecule has 2 fully saturated rings. The first-order chi connectivity index (χ1) is 16.7. The number of rotatable bonds is 7. The van der Waals surface area contributed by atoms with Gasteiger partial charge in [0.15, 0.2) is 0 Å². The van der Waals surface area contributed by atoms with Crippen LogP contribution in [0.25, 0.3) is 10.9 Å². The first-order valence-electron chi connectivity index (χ1n) is 12.5. The van der Waals surface area contributed by atoms with Crippen LogP contribution in [0.1, 0.15) is 50.9 Å². The molecule has 2 heterocycles. The Hall–Kier alpha value is -2.35. The summed E-state index contributed by atoms with van der Waals surface area (Å²) in [7, 11) is 1.71. The van der Waals surface area contributed by atoms with Gasteiger partial charge in [0, 0.05) is 42.5 Å². The molecule has 6 nitrogen and oxygen atoms in total. The van der Waals surface area contributed by atoms with Gasteiger partial charge in [-0.15, -0.1) is 0 Å². The Balaban J connectivity index is 1.26. The van der Waals surface area contributed by atoms with Crippen molar-refractivity contribution in [3.05, 3.63) is 54.4 Å². The van der Waals surface area contributed by atoms with Crippen LogP contribution in [0, 0.1) is 0 Å². The lowest BCUT2D eigenvalue weighted by atomic mass is 9.95. The zero-order valence-electron chi connectivity index (χ0n) is 20.2. The van der Waals surface area contributed by atoms with E-state index >= 15 is 0 Å². The van der Waals surface area contributed by atoms with E-state index in [2.05, 4.69) is 57.8 Å². The maximum atomic E-state index is 5.27. The minimum atomic E-state index is 0.185. The van der Waals surface area contributed by atoms with Crippen molar-refractivity contribution in [3.8, 4) is 5.75 Å². The van der Waals surface area contributed by atoms with Crippen molar-refractivity contribution in [2.75, 3.05) is 38.6 Å². The van der Waals surface area contributed by atoms with E-state index in [1.165, 1.54) is 37.0 Å². The van der Waals surface area contributed by atoms with E-state index in [4.69, 9.17) is 14.7 Å². The number of nitrogens with one attached hydrogen (secondary N) is 1. The average molecular weight is 478 g/mol. The smallest absolute Gasteiger partial charge is 0.148 e. The molecule has 1 atom stereocenters. The third-order valence-corrected chi connectivity index (χ3v) is 8.16. The van der Waals surface area contributed by atoms with E-state index in [1.807, 2.05) is 24.1 Å². The molecule has 0 amide bonds. The highest BCUT2D eigenvalue weighted by Crippen LogP contribution is 2.30. The van der Waals surface area contributed by atoms with Crippen molar-refractivity contribution in [2.45, 2.75) is 56.0 Å². The van der Waals surface area contributed by atoms with Crippen molar-refractivity contribution in [2.24, 2.45) is 0 Å². The van der Waals surface area contributed by atoms with Crippen LogP contribution in [-0.4, -0.2) is 58.5 Å². The molecule has 1 aromatic heterocycles. The number of anilines is 1. The largest absolute Gasteiger partial charge is 0.497 e. The second-order valence-electron chi connectivity index (χ2n) is 9.33. The number of para-hydroxylation sites is 1. The number of nitrogens with zero attached hydrogens (tertiary/aromatic N) is 4. The number of methoxy groups -OCH3 is 1. The number of aromatic nitrogens is 2. The third kappa shape index (κ3) is 5.48. The van der Waals surface area contributed by atoms with Crippen molar-refractivity contribution in [3.63, 3.8) is 0 Å². The lowest BCUT2D eigenvalue weighted by molar-refractivity contribution is 0.147. The topological polar surface area (TPSA) is 53.5 Å². The molecule has 5 rings (SSSR count). The molecule has 1 aliphatic carbocycles. The van der Waals surface area contributed by atoms with Gasteiger partial charge in [0.1, 0.15) is 17.4 Å². The minimum Gasteiger partial charge on any atom is -0.497 e. The maximum absolute atomic E-state index is 5.27. The maximum Gasteiger partial charge on any atom is 0.148 e. The fraction of sp³-hybridized carbons (Fsp3) is 0.481. The molecule has 1 aliphatic heterocycles. The number of ether oxygens (including phenoxy) is 1. The summed E-state index contributed by atoms with van der Waals surface area (Å²) < 4.78 is 7.72. The number of hydrogen-bond acceptors (Lipinski definition) is 7. The fourth-order valence-electron chi connectivity index (χ4n) is 4.96. The monoisotopic (exact) mass is 477 g/mol. The normalized spacial score (nSPS) is 19.2. The highest BCUT2D eigenvalue weighted by Gasteiger charge is 2.25. The van der Waals surface area contributed by atoms with E-state index < -0.39 is 0 Å². The SMILES string of the molecule is COc1ccc(SN2CCN(C(C)c3nc(NC4CCCCC4)c4ccccc4n3)CC2)cc1. The van der Waals surface area contributed by atoms with Gasteiger partial charge in [-0.25, -0.2) is 14.3 Å². The molecule has 0 bridgehead atoms. The first kappa shape index (κ1) is 23.4. The Kier molecular flexibility index (Phi) is 7.52. The summed E-state index contributed by atoms with van der Waals surface area (Å²) in [5.74, 6) is 2.83. The quantitative estimate of drug-likeness (QED) is 0.434. The molecule has 1 N–H and O–H groups in total. The minimum absolute atomic E-state index is 0.185. The number of benzene rings is 2. The highest BCUT2D eigenvalue weighted by molar-refractivity contribution is 7.97. The van der Waals surface area contributed by atoms with Gasteiger partial charge in [-0.2, -0.15) is 0 Å². The summed E-state index contributed by atoms with van der Waals surface area (Å²) in [6.07, 6.45) is 6.44. The van der Waals surface area contributed by atoms with Gasteiger partial charge in [-0.1, -0.05) is 31.4 Å².